The van der Waals surface area contributed by atoms with Gasteiger partial charge in [-0.15, -0.1) is 0 Å². The predicted octanol–water partition coefficient (Wildman–Crippen LogP) is 5.36. The van der Waals surface area contributed by atoms with Gasteiger partial charge in [0.05, 0.1) is 18.9 Å². The molecule has 208 valence electrons. The molecule has 2 aliphatic heterocycles. The molecule has 39 heavy (non-hydrogen) atoms. The van der Waals surface area contributed by atoms with E-state index in [1.807, 2.05) is 12.1 Å². The van der Waals surface area contributed by atoms with Gasteiger partial charge in [-0.05, 0) is 107 Å². The van der Waals surface area contributed by atoms with Crippen molar-refractivity contribution in [1.29, 1.82) is 0 Å². The summed E-state index contributed by atoms with van der Waals surface area (Å²) in [5.41, 5.74) is 3.42. The Morgan fingerprint density at radius 1 is 0.949 bits per heavy atom. The summed E-state index contributed by atoms with van der Waals surface area (Å²) in [4.78, 5) is 17.7. The molecule has 0 spiro atoms. The Hall–Kier alpha value is -2.97. The number of morpholine rings is 1. The van der Waals surface area contributed by atoms with Crippen LogP contribution in [0.25, 0.3) is 11.0 Å². The fourth-order valence-corrected chi connectivity index (χ4v) is 6.53. The lowest BCUT2D eigenvalue weighted by Crippen LogP contribution is -2.39. The molecule has 8 heteroatoms. The number of piperidine rings is 1. The van der Waals surface area contributed by atoms with Gasteiger partial charge in [-0.3, -0.25) is 4.79 Å². The minimum absolute atomic E-state index is 0.0415. The molecule has 3 heterocycles. The fraction of sp³-hybridized carbons (Fsp3) is 0.548. The first-order chi connectivity index (χ1) is 19.1. The average molecular weight is 535 g/mol. The third kappa shape index (κ3) is 6.28. The van der Waals surface area contributed by atoms with Crippen LogP contribution < -0.4 is 10.2 Å². The van der Waals surface area contributed by atoms with Crippen LogP contribution in [0.15, 0.2) is 47.0 Å². The van der Waals surface area contributed by atoms with Gasteiger partial charge < -0.3 is 24.4 Å². The number of nitrogens with one attached hydrogen (secondary N) is 1. The van der Waals surface area contributed by atoms with E-state index < -0.39 is 0 Å². The second-order valence-electron chi connectivity index (χ2n) is 11.5. The number of halogens is 1. The number of fused-ring (bicyclic) bond motifs is 1. The first kappa shape index (κ1) is 26.3. The summed E-state index contributed by atoms with van der Waals surface area (Å²) in [7, 11) is 0. The van der Waals surface area contributed by atoms with E-state index in [-0.39, 0.29) is 17.8 Å². The van der Waals surface area contributed by atoms with Crippen LogP contribution in [0.5, 0.6) is 0 Å². The highest BCUT2D eigenvalue weighted by atomic mass is 19.1. The molecule has 0 atom stereocenters. The predicted molar refractivity (Wildman–Crippen MR) is 150 cm³/mol. The Labute approximate surface area is 229 Å². The number of aromatic nitrogens is 1. The molecular formula is C31H39FN4O3. The van der Waals surface area contributed by atoms with Crippen LogP contribution in [0.4, 0.5) is 10.1 Å². The van der Waals surface area contributed by atoms with Crippen molar-refractivity contribution < 1.29 is 18.4 Å². The highest BCUT2D eigenvalue weighted by Crippen LogP contribution is 2.34. The van der Waals surface area contributed by atoms with Crippen molar-refractivity contribution in [3.05, 3.63) is 59.5 Å². The van der Waals surface area contributed by atoms with E-state index in [1.54, 1.807) is 6.07 Å². The summed E-state index contributed by atoms with van der Waals surface area (Å²) in [6.45, 7) is 6.58. The molecule has 0 unspecified atom stereocenters. The van der Waals surface area contributed by atoms with E-state index in [0.717, 1.165) is 99.9 Å². The number of benzene rings is 2. The van der Waals surface area contributed by atoms with Gasteiger partial charge in [0.1, 0.15) is 5.82 Å². The lowest BCUT2D eigenvalue weighted by molar-refractivity contribution is 0.0919. The molecule has 2 saturated heterocycles. The number of nitrogens with zero attached hydrogens (tertiary/aromatic N) is 3. The molecule has 3 aliphatic rings. The molecule has 1 aliphatic carbocycles. The maximum Gasteiger partial charge on any atom is 0.251 e. The molecule has 0 bridgehead atoms. The van der Waals surface area contributed by atoms with Crippen molar-refractivity contribution in [2.75, 3.05) is 50.8 Å². The van der Waals surface area contributed by atoms with Crippen molar-refractivity contribution in [2.45, 2.75) is 56.9 Å². The van der Waals surface area contributed by atoms with Crippen molar-refractivity contribution >= 4 is 22.6 Å². The Balaban J connectivity index is 0.903. The highest BCUT2D eigenvalue weighted by molar-refractivity contribution is 5.94. The monoisotopic (exact) mass is 534 g/mol. The van der Waals surface area contributed by atoms with E-state index in [2.05, 4.69) is 32.4 Å². The molecule has 1 saturated carbocycles. The first-order valence-corrected chi connectivity index (χ1v) is 14.6. The van der Waals surface area contributed by atoms with Crippen molar-refractivity contribution in [1.82, 2.24) is 15.4 Å². The van der Waals surface area contributed by atoms with Crippen LogP contribution in [0.2, 0.25) is 0 Å². The average Bonchev–Trinajstić information content (AvgIpc) is 3.40. The SMILES string of the molecule is O=C(NC1CCC(CCN2CCC(c3noc4cc(F)ccc34)CC2)CC1)c1ccc(N2CCOCC2)cc1. The number of anilines is 1. The summed E-state index contributed by atoms with van der Waals surface area (Å²) in [5.74, 6) is 0.867. The number of carbonyl (C=O) groups excluding carboxylic acids is 1. The molecule has 1 amide bonds. The third-order valence-electron chi connectivity index (χ3n) is 8.98. The molecule has 7 nitrogen and oxygen atoms in total. The summed E-state index contributed by atoms with van der Waals surface area (Å²) in [6.07, 6.45) is 7.82. The van der Waals surface area contributed by atoms with Gasteiger partial charge in [-0.1, -0.05) is 5.16 Å². The largest absolute Gasteiger partial charge is 0.378 e. The molecule has 1 N–H and O–H groups in total. The molecular weight excluding hydrogens is 495 g/mol. The zero-order valence-electron chi connectivity index (χ0n) is 22.6. The van der Waals surface area contributed by atoms with Crippen LogP contribution in [0, 0.1) is 11.7 Å². The Kier molecular flexibility index (Phi) is 8.11. The number of rotatable bonds is 7. The number of ether oxygens (including phenoxy) is 1. The number of hydrogen-bond acceptors (Lipinski definition) is 6. The van der Waals surface area contributed by atoms with Crippen molar-refractivity contribution in [3.8, 4) is 0 Å². The Morgan fingerprint density at radius 2 is 1.69 bits per heavy atom. The number of hydrogen-bond donors (Lipinski definition) is 1. The van der Waals surface area contributed by atoms with Gasteiger partial charge in [0.2, 0.25) is 0 Å². The maximum absolute atomic E-state index is 13.5. The van der Waals surface area contributed by atoms with Gasteiger partial charge in [-0.25, -0.2) is 4.39 Å². The van der Waals surface area contributed by atoms with E-state index in [4.69, 9.17) is 9.26 Å². The smallest absolute Gasteiger partial charge is 0.251 e. The standard InChI is InChI=1S/C31H39FN4O3/c32-25-5-10-28-29(21-25)39-34-30(28)23-12-15-35(16-13-23)14-11-22-1-6-26(7-2-22)33-31(37)24-3-8-27(9-4-24)36-17-19-38-20-18-36/h3-5,8-10,21-23,26H,1-2,6-7,11-20H2,(H,33,37). The van der Waals surface area contributed by atoms with Gasteiger partial charge in [-0.2, -0.15) is 0 Å². The van der Waals surface area contributed by atoms with Crippen LogP contribution in [0.3, 0.4) is 0 Å². The van der Waals surface area contributed by atoms with E-state index in [0.29, 0.717) is 11.5 Å². The normalized spacial score (nSPS) is 23.3. The summed E-state index contributed by atoms with van der Waals surface area (Å²) in [5, 5.41) is 8.50. The summed E-state index contributed by atoms with van der Waals surface area (Å²) >= 11 is 0. The quantitative estimate of drug-likeness (QED) is 0.440. The van der Waals surface area contributed by atoms with Crippen LogP contribution in [-0.2, 0) is 4.74 Å². The maximum atomic E-state index is 13.5. The van der Waals surface area contributed by atoms with Gasteiger partial charge in [0.15, 0.2) is 5.58 Å². The van der Waals surface area contributed by atoms with Crippen LogP contribution in [0.1, 0.15) is 66.9 Å². The first-order valence-electron chi connectivity index (χ1n) is 14.6. The van der Waals surface area contributed by atoms with Gasteiger partial charge in [0, 0.05) is 47.8 Å². The van der Waals surface area contributed by atoms with E-state index in [9.17, 15) is 9.18 Å². The van der Waals surface area contributed by atoms with Crippen LogP contribution in [-0.4, -0.2) is 67.9 Å². The molecule has 3 aromatic rings. The number of amides is 1. The summed E-state index contributed by atoms with van der Waals surface area (Å²) < 4.78 is 24.3. The van der Waals surface area contributed by atoms with E-state index in [1.165, 1.54) is 31.4 Å². The topological polar surface area (TPSA) is 70.8 Å². The summed E-state index contributed by atoms with van der Waals surface area (Å²) in [6, 6.07) is 13.0. The second-order valence-corrected chi connectivity index (χ2v) is 11.5. The zero-order chi connectivity index (χ0) is 26.6. The van der Waals surface area contributed by atoms with Gasteiger partial charge in [0.25, 0.3) is 5.91 Å². The van der Waals surface area contributed by atoms with E-state index >= 15 is 0 Å². The molecule has 3 fully saturated rings. The number of likely N-dealkylation sites (tertiary alicyclic amines) is 1. The third-order valence-corrected chi connectivity index (χ3v) is 8.98. The number of carbonyl (C=O) groups is 1. The fourth-order valence-electron chi connectivity index (χ4n) is 6.53. The van der Waals surface area contributed by atoms with Crippen molar-refractivity contribution in [2.24, 2.45) is 5.92 Å². The highest BCUT2D eigenvalue weighted by Gasteiger charge is 2.27. The zero-order valence-corrected chi connectivity index (χ0v) is 22.6. The van der Waals surface area contributed by atoms with Gasteiger partial charge >= 0.3 is 0 Å². The second kappa shape index (κ2) is 12.0. The van der Waals surface area contributed by atoms with Crippen LogP contribution >= 0.6 is 0 Å². The lowest BCUT2D eigenvalue weighted by Gasteiger charge is -2.34. The molecule has 2 aromatic carbocycles. The van der Waals surface area contributed by atoms with Crippen molar-refractivity contribution in [3.63, 3.8) is 0 Å². The molecule has 1 aromatic heterocycles. The minimum atomic E-state index is -0.286. The molecule has 0 radical (unpaired) electrons. The minimum Gasteiger partial charge on any atom is -0.378 e. The Morgan fingerprint density at radius 3 is 2.44 bits per heavy atom. The lowest BCUT2D eigenvalue weighted by atomic mass is 9.83. The molecule has 6 rings (SSSR count). The Bertz CT molecular complexity index is 1240.